The van der Waals surface area contributed by atoms with Crippen molar-refractivity contribution in [2.75, 3.05) is 0 Å². The van der Waals surface area contributed by atoms with Crippen LogP contribution in [0.15, 0.2) is 18.6 Å². The Hall–Kier alpha value is -1.09. The minimum absolute atomic E-state index is 0.531. The highest BCUT2D eigenvalue weighted by Crippen LogP contribution is 2.20. The maximum atomic E-state index is 5.97. The SMILES string of the molecule is CCCn1ccc2ncnc(Cl)c21. The lowest BCUT2D eigenvalue weighted by atomic mass is 10.4. The molecule has 0 aliphatic carbocycles. The zero-order chi connectivity index (χ0) is 9.26. The molecule has 2 rings (SSSR count). The van der Waals surface area contributed by atoms with Crippen LogP contribution in [-0.2, 0) is 6.54 Å². The van der Waals surface area contributed by atoms with E-state index in [1.807, 2.05) is 12.3 Å². The maximum Gasteiger partial charge on any atom is 0.156 e. The smallest absolute Gasteiger partial charge is 0.156 e. The summed E-state index contributed by atoms with van der Waals surface area (Å²) in [6.45, 7) is 3.08. The van der Waals surface area contributed by atoms with Crippen LogP contribution in [0.3, 0.4) is 0 Å². The van der Waals surface area contributed by atoms with Gasteiger partial charge in [0.05, 0.1) is 5.52 Å². The summed E-state index contributed by atoms with van der Waals surface area (Å²) in [5.41, 5.74) is 1.85. The summed E-state index contributed by atoms with van der Waals surface area (Å²) < 4.78 is 2.08. The first-order valence-corrected chi connectivity index (χ1v) is 4.66. The summed E-state index contributed by atoms with van der Waals surface area (Å²) in [6, 6.07) is 1.96. The van der Waals surface area contributed by atoms with Crippen molar-refractivity contribution >= 4 is 22.6 Å². The zero-order valence-corrected chi connectivity index (χ0v) is 8.12. The molecule has 0 radical (unpaired) electrons. The molecule has 3 nitrogen and oxygen atoms in total. The van der Waals surface area contributed by atoms with Gasteiger partial charge < -0.3 is 4.57 Å². The monoisotopic (exact) mass is 195 g/mol. The molecular weight excluding hydrogens is 186 g/mol. The molecule has 0 saturated carbocycles. The number of aromatic nitrogens is 3. The molecule has 0 amide bonds. The third-order valence-electron chi connectivity index (χ3n) is 1.97. The van der Waals surface area contributed by atoms with Crippen LogP contribution < -0.4 is 0 Å². The van der Waals surface area contributed by atoms with E-state index < -0.39 is 0 Å². The van der Waals surface area contributed by atoms with E-state index in [0.29, 0.717) is 5.15 Å². The first-order chi connectivity index (χ1) is 6.33. The molecule has 0 spiro atoms. The molecule has 0 aliphatic heterocycles. The highest BCUT2D eigenvalue weighted by molar-refractivity contribution is 6.33. The third-order valence-corrected chi connectivity index (χ3v) is 2.25. The second kappa shape index (κ2) is 3.34. The lowest BCUT2D eigenvalue weighted by Crippen LogP contribution is -1.95. The van der Waals surface area contributed by atoms with Crippen molar-refractivity contribution in [3.8, 4) is 0 Å². The van der Waals surface area contributed by atoms with E-state index in [9.17, 15) is 0 Å². The van der Waals surface area contributed by atoms with Gasteiger partial charge in [-0.2, -0.15) is 0 Å². The van der Waals surface area contributed by atoms with Gasteiger partial charge in [-0.15, -0.1) is 0 Å². The molecule has 2 aromatic rings. The second-order valence-electron chi connectivity index (χ2n) is 2.91. The van der Waals surface area contributed by atoms with E-state index in [1.165, 1.54) is 6.33 Å². The van der Waals surface area contributed by atoms with Gasteiger partial charge in [-0.3, -0.25) is 0 Å². The molecule has 2 heterocycles. The summed E-state index contributed by atoms with van der Waals surface area (Å²) in [4.78, 5) is 8.08. The van der Waals surface area contributed by atoms with Gasteiger partial charge in [-0.25, -0.2) is 9.97 Å². The van der Waals surface area contributed by atoms with E-state index in [2.05, 4.69) is 21.5 Å². The molecule has 13 heavy (non-hydrogen) atoms. The average Bonchev–Trinajstić information content (AvgIpc) is 2.51. The highest BCUT2D eigenvalue weighted by Gasteiger charge is 2.05. The Balaban J connectivity index is 2.64. The van der Waals surface area contributed by atoms with Crippen LogP contribution in [0, 0.1) is 0 Å². The van der Waals surface area contributed by atoms with Gasteiger partial charge in [-0.05, 0) is 12.5 Å². The second-order valence-corrected chi connectivity index (χ2v) is 3.27. The van der Waals surface area contributed by atoms with Crippen LogP contribution in [-0.4, -0.2) is 14.5 Å². The summed E-state index contributed by atoms with van der Waals surface area (Å²) in [6.07, 6.45) is 4.56. The number of aryl methyl sites for hydroxylation is 1. The molecule has 0 N–H and O–H groups in total. The quantitative estimate of drug-likeness (QED) is 0.690. The fourth-order valence-electron chi connectivity index (χ4n) is 1.42. The Bertz CT molecular complexity index is 422. The first-order valence-electron chi connectivity index (χ1n) is 4.28. The summed E-state index contributed by atoms with van der Waals surface area (Å²) >= 11 is 5.97. The summed E-state index contributed by atoms with van der Waals surface area (Å²) in [5, 5.41) is 0.531. The van der Waals surface area contributed by atoms with Gasteiger partial charge in [0.25, 0.3) is 0 Å². The maximum absolute atomic E-state index is 5.97. The molecule has 0 saturated heterocycles. The van der Waals surface area contributed by atoms with Crippen molar-refractivity contribution in [1.29, 1.82) is 0 Å². The molecule has 2 aromatic heterocycles. The number of hydrogen-bond acceptors (Lipinski definition) is 2. The van der Waals surface area contributed by atoms with Gasteiger partial charge in [0.1, 0.15) is 11.8 Å². The van der Waals surface area contributed by atoms with Crippen LogP contribution in [0.5, 0.6) is 0 Å². The Morgan fingerprint density at radius 1 is 1.46 bits per heavy atom. The van der Waals surface area contributed by atoms with Crippen molar-refractivity contribution in [2.24, 2.45) is 0 Å². The average molecular weight is 196 g/mol. The lowest BCUT2D eigenvalue weighted by Gasteiger charge is -2.02. The Kier molecular flexibility index (Phi) is 2.19. The molecule has 4 heteroatoms. The van der Waals surface area contributed by atoms with Crippen LogP contribution in [0.25, 0.3) is 11.0 Å². The zero-order valence-electron chi connectivity index (χ0n) is 7.37. The fraction of sp³-hybridized carbons (Fsp3) is 0.333. The van der Waals surface area contributed by atoms with Gasteiger partial charge in [0.2, 0.25) is 0 Å². The molecular formula is C9H10ClN3. The predicted octanol–water partition coefficient (Wildman–Crippen LogP) is 2.49. The number of fused-ring (bicyclic) bond motifs is 1. The largest absolute Gasteiger partial charge is 0.344 e. The van der Waals surface area contributed by atoms with Crippen LogP contribution in [0.4, 0.5) is 0 Å². The van der Waals surface area contributed by atoms with E-state index in [0.717, 1.165) is 24.0 Å². The third kappa shape index (κ3) is 1.40. The normalized spacial score (nSPS) is 10.9. The van der Waals surface area contributed by atoms with E-state index in [-0.39, 0.29) is 0 Å². The van der Waals surface area contributed by atoms with Gasteiger partial charge in [0, 0.05) is 12.7 Å². The van der Waals surface area contributed by atoms with Crippen molar-refractivity contribution in [3.05, 3.63) is 23.7 Å². The molecule has 0 bridgehead atoms. The van der Waals surface area contributed by atoms with Crippen molar-refractivity contribution in [3.63, 3.8) is 0 Å². The Labute approximate surface area is 81.4 Å². The van der Waals surface area contributed by atoms with Crippen molar-refractivity contribution in [1.82, 2.24) is 14.5 Å². The van der Waals surface area contributed by atoms with Gasteiger partial charge in [0.15, 0.2) is 5.15 Å². The molecule has 68 valence electrons. The number of halogens is 1. The molecule has 0 aliphatic rings. The van der Waals surface area contributed by atoms with Crippen molar-refractivity contribution < 1.29 is 0 Å². The van der Waals surface area contributed by atoms with Gasteiger partial charge >= 0.3 is 0 Å². The van der Waals surface area contributed by atoms with E-state index >= 15 is 0 Å². The summed E-state index contributed by atoms with van der Waals surface area (Å²) in [5.74, 6) is 0. The van der Waals surface area contributed by atoms with Crippen LogP contribution >= 0.6 is 11.6 Å². The van der Waals surface area contributed by atoms with Crippen LogP contribution in [0.2, 0.25) is 5.15 Å². The molecule has 0 aromatic carbocycles. The predicted molar refractivity (Wildman–Crippen MR) is 52.8 cm³/mol. The van der Waals surface area contributed by atoms with E-state index in [1.54, 1.807) is 0 Å². The van der Waals surface area contributed by atoms with Gasteiger partial charge in [-0.1, -0.05) is 18.5 Å². The standard InChI is InChI=1S/C9H10ClN3/c1-2-4-13-5-3-7-8(13)9(10)12-6-11-7/h3,5-6H,2,4H2,1H3. The molecule has 0 fully saturated rings. The number of rotatable bonds is 2. The van der Waals surface area contributed by atoms with Crippen molar-refractivity contribution in [2.45, 2.75) is 19.9 Å². The first kappa shape index (κ1) is 8.51. The molecule has 0 unspecified atom stereocenters. The Morgan fingerprint density at radius 2 is 2.31 bits per heavy atom. The minimum atomic E-state index is 0.531. The highest BCUT2D eigenvalue weighted by atomic mass is 35.5. The number of hydrogen-bond donors (Lipinski definition) is 0. The van der Waals surface area contributed by atoms with E-state index in [4.69, 9.17) is 11.6 Å². The minimum Gasteiger partial charge on any atom is -0.344 e. The van der Waals surface area contributed by atoms with Crippen LogP contribution in [0.1, 0.15) is 13.3 Å². The summed E-state index contributed by atoms with van der Waals surface area (Å²) in [7, 11) is 0. The topological polar surface area (TPSA) is 30.7 Å². The Morgan fingerprint density at radius 3 is 3.08 bits per heavy atom. The lowest BCUT2D eigenvalue weighted by molar-refractivity contribution is 0.702. The number of nitrogens with zero attached hydrogens (tertiary/aromatic N) is 3. The molecule has 0 atom stereocenters. The fourth-order valence-corrected chi connectivity index (χ4v) is 1.67.